The van der Waals surface area contributed by atoms with Crippen LogP contribution in [0.4, 0.5) is 0 Å². The molecule has 100 valence electrons. The third kappa shape index (κ3) is 5.42. The number of nitrogens with zero attached hydrogens (tertiary/aromatic N) is 2. The van der Waals surface area contributed by atoms with Gasteiger partial charge in [0.05, 0.1) is 6.10 Å². The molecule has 0 atom stereocenters. The van der Waals surface area contributed by atoms with Gasteiger partial charge in [0.2, 0.25) is 5.28 Å². The Morgan fingerprint density at radius 2 is 2.22 bits per heavy atom. The zero-order chi connectivity index (χ0) is 13.5. The van der Waals surface area contributed by atoms with E-state index in [-0.39, 0.29) is 23.0 Å². The second-order valence-corrected chi connectivity index (χ2v) is 4.53. The zero-order valence-corrected chi connectivity index (χ0v) is 11.6. The maximum atomic E-state index is 11.7. The van der Waals surface area contributed by atoms with Crippen LogP contribution in [-0.4, -0.2) is 35.1 Å². The molecule has 1 N–H and O–H groups in total. The summed E-state index contributed by atoms with van der Waals surface area (Å²) in [5.41, 5.74) is 0.959. The summed E-state index contributed by atoms with van der Waals surface area (Å²) in [5.74, 6) is -0.244. The average Bonchev–Trinajstić information content (AvgIpc) is 2.26. The summed E-state index contributed by atoms with van der Waals surface area (Å²) in [6, 6.07) is 1.60. The molecule has 0 fully saturated rings. The van der Waals surface area contributed by atoms with E-state index in [4.69, 9.17) is 16.3 Å². The number of ether oxygens (including phenoxy) is 1. The second kappa shape index (κ2) is 7.28. The molecule has 0 saturated carbocycles. The Balaban J connectivity index is 2.36. The summed E-state index contributed by atoms with van der Waals surface area (Å²) in [6.45, 7) is 6.89. The van der Waals surface area contributed by atoms with Gasteiger partial charge in [0.15, 0.2) is 0 Å². The van der Waals surface area contributed by atoms with Crippen molar-refractivity contribution in [2.24, 2.45) is 0 Å². The van der Waals surface area contributed by atoms with E-state index in [1.807, 2.05) is 13.8 Å². The Labute approximate surface area is 112 Å². The van der Waals surface area contributed by atoms with Gasteiger partial charge >= 0.3 is 0 Å². The van der Waals surface area contributed by atoms with Crippen LogP contribution in [0.1, 0.15) is 36.5 Å². The fraction of sp³-hybridized carbons (Fsp3) is 0.583. The lowest BCUT2D eigenvalue weighted by molar-refractivity contribution is 0.0756. The minimum Gasteiger partial charge on any atom is -0.379 e. The summed E-state index contributed by atoms with van der Waals surface area (Å²) >= 11 is 5.69. The SMILES string of the molecule is Cc1cc(C(=O)NCCCOC(C)C)nc(Cl)n1. The van der Waals surface area contributed by atoms with Crippen molar-refractivity contribution < 1.29 is 9.53 Å². The fourth-order valence-corrected chi connectivity index (χ4v) is 1.56. The topological polar surface area (TPSA) is 64.1 Å². The number of carbonyl (C=O) groups excluding carboxylic acids is 1. The maximum absolute atomic E-state index is 11.7. The van der Waals surface area contributed by atoms with Crippen LogP contribution < -0.4 is 5.32 Å². The molecule has 0 radical (unpaired) electrons. The number of hydrogen-bond donors (Lipinski definition) is 1. The van der Waals surface area contributed by atoms with Crippen molar-refractivity contribution in [3.05, 3.63) is 22.7 Å². The van der Waals surface area contributed by atoms with Crippen LogP contribution >= 0.6 is 11.6 Å². The number of amides is 1. The van der Waals surface area contributed by atoms with Crippen LogP contribution in [0.15, 0.2) is 6.07 Å². The van der Waals surface area contributed by atoms with Crippen molar-refractivity contribution in [1.29, 1.82) is 0 Å². The van der Waals surface area contributed by atoms with Gasteiger partial charge in [-0.1, -0.05) is 0 Å². The van der Waals surface area contributed by atoms with E-state index in [2.05, 4.69) is 15.3 Å². The van der Waals surface area contributed by atoms with Crippen molar-refractivity contribution in [1.82, 2.24) is 15.3 Å². The van der Waals surface area contributed by atoms with Gasteiger partial charge in [-0.15, -0.1) is 0 Å². The molecule has 1 aromatic heterocycles. The Morgan fingerprint density at radius 3 is 2.83 bits per heavy atom. The molecule has 1 rings (SSSR count). The molecule has 1 heterocycles. The molecule has 0 bridgehead atoms. The second-order valence-electron chi connectivity index (χ2n) is 4.19. The molecule has 0 unspecified atom stereocenters. The highest BCUT2D eigenvalue weighted by Crippen LogP contribution is 2.05. The normalized spacial score (nSPS) is 10.7. The molecular formula is C12H18ClN3O2. The molecule has 1 amide bonds. The third-order valence-corrected chi connectivity index (χ3v) is 2.29. The van der Waals surface area contributed by atoms with E-state index in [0.717, 1.165) is 6.42 Å². The molecule has 0 aliphatic carbocycles. The van der Waals surface area contributed by atoms with E-state index in [9.17, 15) is 4.79 Å². The van der Waals surface area contributed by atoms with Crippen LogP contribution in [-0.2, 0) is 4.74 Å². The van der Waals surface area contributed by atoms with Gasteiger partial charge in [0, 0.05) is 18.8 Å². The third-order valence-electron chi connectivity index (χ3n) is 2.12. The van der Waals surface area contributed by atoms with Gasteiger partial charge in [-0.05, 0) is 44.9 Å². The summed E-state index contributed by atoms with van der Waals surface area (Å²) in [5, 5.41) is 2.85. The summed E-state index contributed by atoms with van der Waals surface area (Å²) < 4.78 is 5.37. The Bertz CT molecular complexity index is 390. The van der Waals surface area contributed by atoms with E-state index in [1.54, 1.807) is 13.0 Å². The number of hydrogen-bond acceptors (Lipinski definition) is 4. The van der Waals surface area contributed by atoms with Crippen molar-refractivity contribution >= 4 is 17.5 Å². The highest BCUT2D eigenvalue weighted by Gasteiger charge is 2.08. The molecule has 0 spiro atoms. The molecule has 18 heavy (non-hydrogen) atoms. The van der Waals surface area contributed by atoms with E-state index >= 15 is 0 Å². The highest BCUT2D eigenvalue weighted by atomic mass is 35.5. The van der Waals surface area contributed by atoms with E-state index < -0.39 is 0 Å². The lowest BCUT2D eigenvalue weighted by atomic mass is 10.3. The lowest BCUT2D eigenvalue weighted by Gasteiger charge is -2.08. The first-order valence-electron chi connectivity index (χ1n) is 5.90. The molecule has 0 aliphatic rings. The maximum Gasteiger partial charge on any atom is 0.270 e. The number of carbonyl (C=O) groups is 1. The van der Waals surface area contributed by atoms with Gasteiger partial charge < -0.3 is 10.1 Å². The number of rotatable bonds is 6. The number of nitrogens with one attached hydrogen (secondary N) is 1. The van der Waals surface area contributed by atoms with E-state index in [0.29, 0.717) is 18.8 Å². The average molecular weight is 272 g/mol. The van der Waals surface area contributed by atoms with Crippen molar-refractivity contribution in [3.63, 3.8) is 0 Å². The Kier molecular flexibility index (Phi) is 6.01. The standard InChI is InChI=1S/C12H18ClN3O2/c1-8(2)18-6-4-5-14-11(17)10-7-9(3)15-12(13)16-10/h7-8H,4-6H2,1-3H3,(H,14,17). The first kappa shape index (κ1) is 14.9. The van der Waals surface area contributed by atoms with Crippen LogP contribution in [0.25, 0.3) is 0 Å². The van der Waals surface area contributed by atoms with E-state index in [1.165, 1.54) is 0 Å². The summed E-state index contributed by atoms with van der Waals surface area (Å²) in [7, 11) is 0. The van der Waals surface area contributed by atoms with Gasteiger partial charge in [0.25, 0.3) is 5.91 Å². The van der Waals surface area contributed by atoms with Crippen molar-refractivity contribution in [2.45, 2.75) is 33.3 Å². The van der Waals surface area contributed by atoms with Gasteiger partial charge in [0.1, 0.15) is 5.69 Å². The number of halogens is 1. The van der Waals surface area contributed by atoms with Crippen molar-refractivity contribution in [2.75, 3.05) is 13.2 Å². The van der Waals surface area contributed by atoms with Gasteiger partial charge in [-0.2, -0.15) is 0 Å². The molecular weight excluding hydrogens is 254 g/mol. The first-order valence-corrected chi connectivity index (χ1v) is 6.28. The molecule has 5 nitrogen and oxygen atoms in total. The fourth-order valence-electron chi connectivity index (χ4n) is 1.33. The van der Waals surface area contributed by atoms with Crippen LogP contribution in [0.2, 0.25) is 5.28 Å². The predicted molar refractivity (Wildman–Crippen MR) is 69.8 cm³/mol. The molecule has 0 aliphatic heterocycles. The van der Waals surface area contributed by atoms with Crippen LogP contribution in [0.5, 0.6) is 0 Å². The molecule has 0 aromatic carbocycles. The monoisotopic (exact) mass is 271 g/mol. The summed E-state index contributed by atoms with van der Waals surface area (Å²) in [4.78, 5) is 19.5. The Hall–Kier alpha value is -1.20. The van der Waals surface area contributed by atoms with Gasteiger partial charge in [-0.25, -0.2) is 9.97 Å². The van der Waals surface area contributed by atoms with Crippen molar-refractivity contribution in [3.8, 4) is 0 Å². The summed E-state index contributed by atoms with van der Waals surface area (Å²) in [6.07, 6.45) is 0.978. The van der Waals surface area contributed by atoms with Crippen LogP contribution in [0.3, 0.4) is 0 Å². The number of aromatic nitrogens is 2. The lowest BCUT2D eigenvalue weighted by Crippen LogP contribution is -2.26. The molecule has 0 saturated heterocycles. The largest absolute Gasteiger partial charge is 0.379 e. The minimum absolute atomic E-state index is 0.0864. The quantitative estimate of drug-likeness (QED) is 0.635. The van der Waals surface area contributed by atoms with Gasteiger partial charge in [-0.3, -0.25) is 4.79 Å². The smallest absolute Gasteiger partial charge is 0.270 e. The zero-order valence-electron chi connectivity index (χ0n) is 10.9. The van der Waals surface area contributed by atoms with Crippen LogP contribution in [0, 0.1) is 6.92 Å². The molecule has 6 heteroatoms. The Morgan fingerprint density at radius 1 is 1.50 bits per heavy atom. The predicted octanol–water partition coefficient (Wildman–Crippen LogP) is 1.98. The minimum atomic E-state index is -0.244. The number of aryl methyl sites for hydroxylation is 1. The highest BCUT2D eigenvalue weighted by molar-refractivity contribution is 6.28. The first-order chi connectivity index (χ1) is 8.49. The molecule has 1 aromatic rings.